The van der Waals surface area contributed by atoms with Gasteiger partial charge in [0.15, 0.2) is 5.82 Å². The van der Waals surface area contributed by atoms with Gasteiger partial charge in [-0.2, -0.15) is 15.0 Å². The molecule has 1 N–H and O–H groups in total. The molecule has 3 atom stereocenters. The largest absolute Gasteiger partial charge is 0.389 e. The molecule has 0 saturated carbocycles. The van der Waals surface area contributed by atoms with Crippen molar-refractivity contribution in [2.24, 2.45) is 0 Å². The number of benzene rings is 1. The van der Waals surface area contributed by atoms with Gasteiger partial charge in [0.1, 0.15) is 0 Å². The molecule has 8 heteroatoms. The Morgan fingerprint density at radius 2 is 1.70 bits per heavy atom. The Kier molecular flexibility index (Phi) is 4.39. The SMILES string of the molecule is OC1COCC2CC1N2c1nc(-c2ccccc2)nc(N2CCOCC2)n1. The highest BCUT2D eigenvalue weighted by atomic mass is 16.5. The molecule has 2 aromatic rings. The van der Waals surface area contributed by atoms with Crippen LogP contribution in [0.25, 0.3) is 11.4 Å². The van der Waals surface area contributed by atoms with Crippen molar-refractivity contribution in [1.82, 2.24) is 15.0 Å². The molecule has 3 fully saturated rings. The van der Waals surface area contributed by atoms with Gasteiger partial charge in [0.05, 0.1) is 44.6 Å². The minimum atomic E-state index is -0.521. The molecule has 142 valence electrons. The smallest absolute Gasteiger partial charge is 0.231 e. The lowest BCUT2D eigenvalue weighted by Gasteiger charge is -2.47. The van der Waals surface area contributed by atoms with Gasteiger partial charge in [-0.25, -0.2) is 0 Å². The van der Waals surface area contributed by atoms with Crippen LogP contribution < -0.4 is 9.80 Å². The van der Waals surface area contributed by atoms with E-state index in [1.807, 2.05) is 30.3 Å². The average Bonchev–Trinajstić information content (AvgIpc) is 3.00. The van der Waals surface area contributed by atoms with E-state index in [4.69, 9.17) is 24.4 Å². The molecule has 27 heavy (non-hydrogen) atoms. The van der Waals surface area contributed by atoms with Crippen molar-refractivity contribution in [2.45, 2.75) is 24.6 Å². The van der Waals surface area contributed by atoms with Crippen LogP contribution in [0, 0.1) is 0 Å². The van der Waals surface area contributed by atoms with E-state index in [1.54, 1.807) is 0 Å². The Balaban J connectivity index is 1.56. The predicted octanol–water partition coefficient (Wildman–Crippen LogP) is 0.714. The van der Waals surface area contributed by atoms with Crippen LogP contribution in [0.4, 0.5) is 11.9 Å². The van der Waals surface area contributed by atoms with E-state index in [9.17, 15) is 5.11 Å². The van der Waals surface area contributed by atoms with Crippen molar-refractivity contribution in [3.63, 3.8) is 0 Å². The first-order valence-electron chi connectivity index (χ1n) is 9.48. The fourth-order valence-electron chi connectivity index (χ4n) is 3.97. The zero-order valence-electron chi connectivity index (χ0n) is 15.1. The van der Waals surface area contributed by atoms with Crippen LogP contribution in [0.2, 0.25) is 0 Å². The number of fused-ring (bicyclic) bond motifs is 2. The van der Waals surface area contributed by atoms with Gasteiger partial charge in [0.25, 0.3) is 0 Å². The van der Waals surface area contributed by atoms with E-state index in [1.165, 1.54) is 0 Å². The van der Waals surface area contributed by atoms with Gasteiger partial charge in [-0.1, -0.05) is 30.3 Å². The van der Waals surface area contributed by atoms with Crippen molar-refractivity contribution in [1.29, 1.82) is 0 Å². The van der Waals surface area contributed by atoms with Crippen LogP contribution >= 0.6 is 0 Å². The molecule has 3 aliphatic heterocycles. The highest BCUT2D eigenvalue weighted by molar-refractivity contribution is 5.59. The number of aliphatic hydroxyl groups excluding tert-OH is 1. The third-order valence-electron chi connectivity index (χ3n) is 5.48. The number of rotatable bonds is 3. The summed E-state index contributed by atoms with van der Waals surface area (Å²) >= 11 is 0. The van der Waals surface area contributed by atoms with Crippen molar-refractivity contribution in [2.75, 3.05) is 49.3 Å². The summed E-state index contributed by atoms with van der Waals surface area (Å²) in [4.78, 5) is 18.5. The molecular formula is C19H23N5O3. The highest BCUT2D eigenvalue weighted by Gasteiger charge is 2.46. The lowest BCUT2D eigenvalue weighted by Crippen LogP contribution is -2.61. The number of anilines is 2. The molecule has 1 aromatic carbocycles. The lowest BCUT2D eigenvalue weighted by atomic mass is 9.91. The molecule has 4 heterocycles. The number of ether oxygens (including phenoxy) is 2. The predicted molar refractivity (Wildman–Crippen MR) is 99.8 cm³/mol. The number of aromatic nitrogens is 3. The Morgan fingerprint density at radius 3 is 2.52 bits per heavy atom. The maximum Gasteiger partial charge on any atom is 0.231 e. The van der Waals surface area contributed by atoms with E-state index in [0.29, 0.717) is 44.1 Å². The maximum atomic E-state index is 10.4. The molecule has 1 aromatic heterocycles. The summed E-state index contributed by atoms with van der Waals surface area (Å²) in [6.45, 7) is 3.82. The Labute approximate surface area is 157 Å². The summed E-state index contributed by atoms with van der Waals surface area (Å²) in [5.74, 6) is 1.94. The van der Waals surface area contributed by atoms with Gasteiger partial charge < -0.3 is 24.4 Å². The Morgan fingerprint density at radius 1 is 0.926 bits per heavy atom. The van der Waals surface area contributed by atoms with Crippen LogP contribution in [-0.2, 0) is 9.47 Å². The number of aliphatic hydroxyl groups is 1. The topological polar surface area (TPSA) is 83.8 Å². The molecule has 0 radical (unpaired) electrons. The number of hydrogen-bond donors (Lipinski definition) is 1. The van der Waals surface area contributed by atoms with Crippen molar-refractivity contribution in [3.05, 3.63) is 30.3 Å². The summed E-state index contributed by atoms with van der Waals surface area (Å²) in [7, 11) is 0. The van der Waals surface area contributed by atoms with Gasteiger partial charge >= 0.3 is 0 Å². The van der Waals surface area contributed by atoms with Crippen molar-refractivity contribution in [3.8, 4) is 11.4 Å². The number of nitrogens with zero attached hydrogens (tertiary/aromatic N) is 5. The summed E-state index contributed by atoms with van der Waals surface area (Å²) in [6.07, 6.45) is 0.382. The van der Waals surface area contributed by atoms with Gasteiger partial charge in [0, 0.05) is 18.7 Å². The van der Waals surface area contributed by atoms with E-state index in [0.717, 1.165) is 25.1 Å². The second-order valence-electron chi connectivity index (χ2n) is 7.19. The molecule has 8 nitrogen and oxygen atoms in total. The van der Waals surface area contributed by atoms with E-state index >= 15 is 0 Å². The number of morpholine rings is 1. The molecule has 3 saturated heterocycles. The average molecular weight is 369 g/mol. The van der Waals surface area contributed by atoms with E-state index < -0.39 is 6.10 Å². The van der Waals surface area contributed by atoms with Gasteiger partial charge in [-0.3, -0.25) is 0 Å². The molecule has 0 amide bonds. The summed E-state index contributed by atoms with van der Waals surface area (Å²) in [6, 6.07) is 10.2. The van der Waals surface area contributed by atoms with Gasteiger partial charge in [-0.05, 0) is 6.42 Å². The zero-order valence-corrected chi connectivity index (χ0v) is 15.1. The molecule has 0 spiro atoms. The molecule has 5 rings (SSSR count). The van der Waals surface area contributed by atoms with E-state index in [-0.39, 0.29) is 12.1 Å². The first kappa shape index (κ1) is 16.9. The third-order valence-corrected chi connectivity index (χ3v) is 5.48. The highest BCUT2D eigenvalue weighted by Crippen LogP contribution is 2.36. The first-order valence-corrected chi connectivity index (χ1v) is 9.48. The van der Waals surface area contributed by atoms with Crippen LogP contribution in [0.3, 0.4) is 0 Å². The third kappa shape index (κ3) is 3.13. The standard InChI is InChI=1S/C19H23N5O3/c25-16-12-27-11-14-10-15(16)24(14)19-21-17(13-4-2-1-3-5-13)20-18(22-19)23-6-8-26-9-7-23/h1-5,14-16,25H,6-12H2. The molecule has 3 aliphatic rings. The fraction of sp³-hybridized carbons (Fsp3) is 0.526. The summed E-state index contributed by atoms with van der Waals surface area (Å²) in [5.41, 5.74) is 0.955. The quantitative estimate of drug-likeness (QED) is 0.847. The molecule has 2 bridgehead atoms. The minimum Gasteiger partial charge on any atom is -0.389 e. The lowest BCUT2D eigenvalue weighted by molar-refractivity contribution is 0.0538. The Hall–Kier alpha value is -2.29. The van der Waals surface area contributed by atoms with Gasteiger partial charge in [0.2, 0.25) is 11.9 Å². The summed E-state index contributed by atoms with van der Waals surface area (Å²) < 4.78 is 11.0. The normalized spacial score (nSPS) is 27.8. The number of hydrogen-bond acceptors (Lipinski definition) is 8. The monoisotopic (exact) mass is 369 g/mol. The summed E-state index contributed by atoms with van der Waals surface area (Å²) in [5, 5.41) is 10.4. The molecular weight excluding hydrogens is 346 g/mol. The van der Waals surface area contributed by atoms with E-state index in [2.05, 4.69) is 9.80 Å². The first-order chi connectivity index (χ1) is 13.3. The Bertz CT molecular complexity index is 799. The second-order valence-corrected chi connectivity index (χ2v) is 7.19. The van der Waals surface area contributed by atoms with Crippen molar-refractivity contribution < 1.29 is 14.6 Å². The second kappa shape index (κ2) is 7.03. The van der Waals surface area contributed by atoms with Crippen LogP contribution in [0.15, 0.2) is 30.3 Å². The van der Waals surface area contributed by atoms with Gasteiger partial charge in [-0.15, -0.1) is 0 Å². The molecule has 0 aliphatic carbocycles. The van der Waals surface area contributed by atoms with Crippen molar-refractivity contribution >= 4 is 11.9 Å². The van der Waals surface area contributed by atoms with Crippen LogP contribution in [-0.4, -0.2) is 77.8 Å². The maximum absolute atomic E-state index is 10.4. The minimum absolute atomic E-state index is 0.000984. The molecule has 3 unspecified atom stereocenters. The van der Waals surface area contributed by atoms with Crippen LogP contribution in [0.1, 0.15) is 6.42 Å². The zero-order chi connectivity index (χ0) is 18.2. The van der Waals surface area contributed by atoms with Crippen LogP contribution in [0.5, 0.6) is 0 Å². The fourth-order valence-corrected chi connectivity index (χ4v) is 3.97.